The number of aliphatic hydroxyl groups excluding tert-OH is 2. The molecule has 0 radical (unpaired) electrons. The summed E-state index contributed by atoms with van der Waals surface area (Å²) in [7, 11) is -3.92. The molecule has 2 aromatic rings. The van der Waals surface area contributed by atoms with Crippen LogP contribution in [0.2, 0.25) is 0 Å². The summed E-state index contributed by atoms with van der Waals surface area (Å²) in [5.74, 6) is -0.168. The van der Waals surface area contributed by atoms with Gasteiger partial charge in [-0.2, -0.15) is 8.42 Å². The van der Waals surface area contributed by atoms with Crippen LogP contribution in [0.4, 0.5) is 5.69 Å². The van der Waals surface area contributed by atoms with Crippen LogP contribution in [0.5, 0.6) is 11.8 Å². The number of aliphatic hydroxyl groups is 2. The highest BCUT2D eigenvalue weighted by atomic mass is 32.2. The number of nitrogens with one attached hydrogen (secondary N) is 1. The Kier molecular flexibility index (Phi) is 5.58. The fourth-order valence-corrected chi connectivity index (χ4v) is 4.98. The fourth-order valence-electron chi connectivity index (χ4n) is 4.45. The average molecular weight is 442 g/mol. The van der Waals surface area contributed by atoms with Crippen molar-refractivity contribution in [2.75, 3.05) is 23.7 Å². The Morgan fingerprint density at radius 2 is 1.77 bits per heavy atom. The van der Waals surface area contributed by atoms with Crippen molar-refractivity contribution in [2.24, 2.45) is 5.92 Å². The maximum Gasteiger partial charge on any atom is 0.264 e. The molecular formula is C19H27N3O7S. The first-order chi connectivity index (χ1) is 14.1. The molecule has 3 heterocycles. The van der Waals surface area contributed by atoms with Gasteiger partial charge in [0.15, 0.2) is 0 Å². The number of rotatable bonds is 6. The van der Waals surface area contributed by atoms with Crippen LogP contribution < -0.4 is 10.2 Å². The maximum absolute atomic E-state index is 10.8. The summed E-state index contributed by atoms with van der Waals surface area (Å²) >= 11 is 0. The van der Waals surface area contributed by atoms with E-state index in [1.807, 2.05) is 6.07 Å². The Bertz CT molecular complexity index is 1030. The summed E-state index contributed by atoms with van der Waals surface area (Å²) in [6, 6.07) is 4.74. The predicted octanol–water partition coefficient (Wildman–Crippen LogP) is 0.718. The maximum atomic E-state index is 10.8. The van der Waals surface area contributed by atoms with E-state index in [1.54, 1.807) is 12.1 Å². The van der Waals surface area contributed by atoms with Gasteiger partial charge in [-0.3, -0.25) is 14.4 Å². The topological polar surface area (TPSA) is 155 Å². The SMILES string of the molecule is O=S(=O)(O)CCCC1CN(c2ccc3c(O)n(C4CCC(O)NC4O)c(O)c3c2)C1. The minimum Gasteiger partial charge on any atom is -0.494 e. The summed E-state index contributed by atoms with van der Waals surface area (Å²) in [5, 5.41) is 44.8. The Labute approximate surface area is 174 Å². The first-order valence-electron chi connectivity index (χ1n) is 10.0. The van der Waals surface area contributed by atoms with E-state index in [9.17, 15) is 28.8 Å². The lowest BCUT2D eigenvalue weighted by Gasteiger charge is -2.41. The molecule has 0 saturated carbocycles. The monoisotopic (exact) mass is 441 g/mol. The second-order valence-corrected chi connectivity index (χ2v) is 9.79. The van der Waals surface area contributed by atoms with E-state index in [4.69, 9.17) is 4.55 Å². The van der Waals surface area contributed by atoms with Gasteiger partial charge in [0.1, 0.15) is 12.5 Å². The number of benzene rings is 1. The summed E-state index contributed by atoms with van der Waals surface area (Å²) in [6.07, 6.45) is -0.0335. The number of aromatic hydroxyl groups is 2. The van der Waals surface area contributed by atoms with Crippen molar-refractivity contribution in [1.82, 2.24) is 9.88 Å². The molecule has 6 N–H and O–H groups in total. The van der Waals surface area contributed by atoms with Gasteiger partial charge in [-0.05, 0) is 49.8 Å². The molecule has 1 aromatic carbocycles. The lowest BCUT2D eigenvalue weighted by atomic mass is 9.94. The van der Waals surface area contributed by atoms with E-state index in [0.29, 0.717) is 42.4 Å². The van der Waals surface area contributed by atoms with Crippen LogP contribution in [0.15, 0.2) is 18.2 Å². The highest BCUT2D eigenvalue weighted by Gasteiger charge is 2.33. The van der Waals surface area contributed by atoms with Gasteiger partial charge in [0.05, 0.1) is 11.8 Å². The minimum absolute atomic E-state index is 0.136. The smallest absolute Gasteiger partial charge is 0.264 e. The van der Waals surface area contributed by atoms with Crippen LogP contribution in [0.3, 0.4) is 0 Å². The zero-order valence-corrected chi connectivity index (χ0v) is 17.2. The van der Waals surface area contributed by atoms with Gasteiger partial charge in [0.25, 0.3) is 10.1 Å². The quantitative estimate of drug-likeness (QED) is 0.356. The summed E-state index contributed by atoms with van der Waals surface area (Å²) < 4.78 is 31.7. The van der Waals surface area contributed by atoms with Gasteiger partial charge in [-0.1, -0.05) is 0 Å². The van der Waals surface area contributed by atoms with E-state index in [2.05, 4.69) is 10.2 Å². The lowest BCUT2D eigenvalue weighted by Crippen LogP contribution is -2.47. The molecule has 1 aromatic heterocycles. The largest absolute Gasteiger partial charge is 0.494 e. The molecule has 0 aliphatic carbocycles. The van der Waals surface area contributed by atoms with Crippen LogP contribution in [-0.4, -0.2) is 69.3 Å². The van der Waals surface area contributed by atoms with Crippen LogP contribution >= 0.6 is 0 Å². The number of hydrogen-bond donors (Lipinski definition) is 6. The normalized spacial score (nSPS) is 25.6. The molecule has 0 bridgehead atoms. The van der Waals surface area contributed by atoms with Gasteiger partial charge in [0, 0.05) is 29.5 Å². The van der Waals surface area contributed by atoms with E-state index in [0.717, 1.165) is 18.8 Å². The highest BCUT2D eigenvalue weighted by molar-refractivity contribution is 7.85. The number of hydrogen-bond acceptors (Lipinski definition) is 8. The molecule has 0 amide bonds. The van der Waals surface area contributed by atoms with Crippen molar-refractivity contribution >= 4 is 26.6 Å². The summed E-state index contributed by atoms with van der Waals surface area (Å²) in [4.78, 5) is 2.10. The van der Waals surface area contributed by atoms with Gasteiger partial charge >= 0.3 is 0 Å². The molecule has 3 atom stereocenters. The van der Waals surface area contributed by atoms with Crippen molar-refractivity contribution in [3.63, 3.8) is 0 Å². The molecule has 2 fully saturated rings. The number of piperidine rings is 1. The Morgan fingerprint density at radius 3 is 2.43 bits per heavy atom. The van der Waals surface area contributed by atoms with Gasteiger partial charge < -0.3 is 25.3 Å². The Balaban J connectivity index is 1.48. The molecule has 11 heteroatoms. The average Bonchev–Trinajstić information content (AvgIpc) is 2.87. The first kappa shape index (κ1) is 21.2. The van der Waals surface area contributed by atoms with Crippen LogP contribution in [0.25, 0.3) is 10.8 Å². The number of fused-ring (bicyclic) bond motifs is 1. The number of aromatic nitrogens is 1. The van der Waals surface area contributed by atoms with Gasteiger partial charge in [-0.15, -0.1) is 0 Å². The second-order valence-electron chi connectivity index (χ2n) is 8.22. The van der Waals surface area contributed by atoms with Crippen LogP contribution in [0, 0.1) is 5.92 Å². The van der Waals surface area contributed by atoms with Crippen molar-refractivity contribution < 1.29 is 33.4 Å². The molecule has 30 heavy (non-hydrogen) atoms. The molecule has 4 rings (SSSR count). The highest BCUT2D eigenvalue weighted by Crippen LogP contribution is 2.43. The minimum atomic E-state index is -3.92. The third-order valence-electron chi connectivity index (χ3n) is 6.07. The molecular weight excluding hydrogens is 414 g/mol. The molecule has 2 saturated heterocycles. The molecule has 2 aliphatic rings. The van der Waals surface area contributed by atoms with Crippen molar-refractivity contribution in [3.05, 3.63) is 18.2 Å². The van der Waals surface area contributed by atoms with Crippen molar-refractivity contribution in [3.8, 4) is 11.8 Å². The summed E-state index contributed by atoms with van der Waals surface area (Å²) in [6.45, 7) is 1.49. The first-order valence-corrected chi connectivity index (χ1v) is 11.6. The van der Waals surface area contributed by atoms with Crippen LogP contribution in [0.1, 0.15) is 31.7 Å². The van der Waals surface area contributed by atoms with E-state index in [1.165, 1.54) is 4.57 Å². The molecule has 0 spiro atoms. The number of nitrogens with zero attached hydrogens (tertiary/aromatic N) is 2. The molecule has 10 nitrogen and oxygen atoms in total. The second kappa shape index (κ2) is 7.89. The van der Waals surface area contributed by atoms with E-state index >= 15 is 0 Å². The third kappa shape index (κ3) is 4.08. The lowest BCUT2D eigenvalue weighted by molar-refractivity contribution is -0.0305. The van der Waals surface area contributed by atoms with Gasteiger partial charge in [-0.25, -0.2) is 0 Å². The third-order valence-corrected chi connectivity index (χ3v) is 6.88. The molecule has 2 aliphatic heterocycles. The zero-order chi connectivity index (χ0) is 21.6. The number of anilines is 1. The van der Waals surface area contributed by atoms with Gasteiger partial charge in [0.2, 0.25) is 11.8 Å². The van der Waals surface area contributed by atoms with Crippen molar-refractivity contribution in [1.29, 1.82) is 0 Å². The molecule has 166 valence electrons. The predicted molar refractivity (Wildman–Crippen MR) is 110 cm³/mol. The summed E-state index contributed by atoms with van der Waals surface area (Å²) in [5.41, 5.74) is 0.874. The Hall–Kier alpha value is -2.05. The molecule has 3 unspecified atom stereocenters. The zero-order valence-electron chi connectivity index (χ0n) is 16.3. The van der Waals surface area contributed by atoms with E-state index in [-0.39, 0.29) is 17.5 Å². The Morgan fingerprint density at radius 1 is 1.07 bits per heavy atom. The fraction of sp³-hybridized carbons (Fsp3) is 0.579. The standard InChI is InChI=1S/C19H27N3O7S/c23-16-6-5-15(17(24)20-16)22-18(25)13-4-3-12(8-14(13)19(22)26)21-9-11(10-21)2-1-7-30(27,28)29/h3-4,8,11,15-17,20,23-26H,1-2,5-7,9-10H2,(H,27,28,29). The van der Waals surface area contributed by atoms with Crippen molar-refractivity contribution in [2.45, 2.75) is 44.2 Å². The van der Waals surface area contributed by atoms with E-state index < -0.39 is 28.6 Å². The van der Waals surface area contributed by atoms with Crippen LogP contribution in [-0.2, 0) is 10.1 Å².